The number of thiophene rings is 1. The number of hydrogen-bond donors (Lipinski definition) is 2. The lowest BCUT2D eigenvalue weighted by Gasteiger charge is -2.28. The molecule has 2 atom stereocenters. The Hall–Kier alpha value is -3.07. The minimum Gasteiger partial charge on any atom is -0.391 e. The summed E-state index contributed by atoms with van der Waals surface area (Å²) in [5, 5.41) is 19.4. The van der Waals surface area contributed by atoms with E-state index in [1.165, 1.54) is 0 Å². The Morgan fingerprint density at radius 3 is 2.94 bits per heavy atom. The number of fused-ring (bicyclic) bond motifs is 1. The molecule has 1 saturated heterocycles. The van der Waals surface area contributed by atoms with Gasteiger partial charge in [0.2, 0.25) is 0 Å². The van der Waals surface area contributed by atoms with E-state index in [9.17, 15) is 9.90 Å². The van der Waals surface area contributed by atoms with Crippen LogP contribution >= 0.6 is 11.3 Å². The highest BCUT2D eigenvalue weighted by molar-refractivity contribution is 7.17. The fraction of sp³-hybridized carbons (Fsp3) is 0.292. The first-order valence-electron chi connectivity index (χ1n) is 10.6. The number of aryl methyl sites for hydroxylation is 1. The molecule has 1 fully saturated rings. The maximum Gasteiger partial charge on any atom is 0.270 e. The molecule has 7 nitrogen and oxygen atoms in total. The van der Waals surface area contributed by atoms with E-state index in [-0.39, 0.29) is 5.91 Å². The molecule has 1 aliphatic rings. The third-order valence-corrected chi connectivity index (χ3v) is 6.91. The molecular weight excluding hydrogens is 424 g/mol. The first-order valence-corrected chi connectivity index (χ1v) is 11.5. The van der Waals surface area contributed by atoms with Gasteiger partial charge in [-0.3, -0.25) is 4.79 Å². The van der Waals surface area contributed by atoms with Gasteiger partial charge < -0.3 is 15.2 Å². The zero-order valence-corrected chi connectivity index (χ0v) is 18.5. The summed E-state index contributed by atoms with van der Waals surface area (Å²) in [4.78, 5) is 17.6. The minimum atomic E-state index is -0.605. The number of aromatic nitrogens is 3. The molecule has 2 N–H and O–H groups in total. The maximum absolute atomic E-state index is 13.0. The number of nitrogens with one attached hydrogen (secondary N) is 1. The first kappa shape index (κ1) is 20.8. The molecule has 1 amide bonds. The summed E-state index contributed by atoms with van der Waals surface area (Å²) in [6.45, 7) is 2.83. The summed E-state index contributed by atoms with van der Waals surface area (Å²) < 4.78 is 8.32. The van der Waals surface area contributed by atoms with Gasteiger partial charge in [0.1, 0.15) is 5.69 Å². The lowest BCUT2D eigenvalue weighted by molar-refractivity contribution is -0.0140. The van der Waals surface area contributed by atoms with Gasteiger partial charge in [-0.15, -0.1) is 11.3 Å². The topological polar surface area (TPSA) is 89.3 Å². The van der Waals surface area contributed by atoms with Gasteiger partial charge in [-0.25, -0.2) is 9.67 Å². The Kier molecular flexibility index (Phi) is 5.73. The zero-order chi connectivity index (χ0) is 22.1. The van der Waals surface area contributed by atoms with Crippen LogP contribution in [0.15, 0.2) is 54.2 Å². The van der Waals surface area contributed by atoms with E-state index < -0.39 is 12.1 Å². The Bertz CT molecular complexity index is 1230. The number of pyridine rings is 1. The number of amides is 1. The van der Waals surface area contributed by atoms with E-state index >= 15 is 0 Å². The van der Waals surface area contributed by atoms with Crippen LogP contribution in [0, 0.1) is 6.92 Å². The van der Waals surface area contributed by atoms with Crippen molar-refractivity contribution in [2.24, 2.45) is 0 Å². The molecule has 32 heavy (non-hydrogen) atoms. The second kappa shape index (κ2) is 8.82. The van der Waals surface area contributed by atoms with Crippen LogP contribution in [0.2, 0.25) is 0 Å². The first-order chi connectivity index (χ1) is 15.6. The number of aliphatic hydroxyl groups is 1. The Morgan fingerprint density at radius 1 is 1.34 bits per heavy atom. The summed E-state index contributed by atoms with van der Waals surface area (Å²) >= 11 is 1.65. The van der Waals surface area contributed by atoms with E-state index in [1.54, 1.807) is 17.5 Å². The van der Waals surface area contributed by atoms with Crippen LogP contribution in [-0.2, 0) is 11.2 Å². The number of hydrogen-bond acceptors (Lipinski definition) is 6. The van der Waals surface area contributed by atoms with E-state index in [0.717, 1.165) is 32.6 Å². The highest BCUT2D eigenvalue weighted by atomic mass is 32.1. The van der Waals surface area contributed by atoms with Crippen LogP contribution in [-0.4, -0.2) is 51.1 Å². The second-order valence-corrected chi connectivity index (χ2v) is 8.95. The summed E-state index contributed by atoms with van der Waals surface area (Å²) in [5.74, 6) is -0.290. The van der Waals surface area contributed by atoms with Gasteiger partial charge in [-0.2, -0.15) is 5.10 Å². The molecule has 164 valence electrons. The molecule has 0 saturated carbocycles. The zero-order valence-electron chi connectivity index (χ0n) is 17.7. The molecule has 1 aliphatic heterocycles. The molecule has 4 aromatic rings. The fourth-order valence-electron chi connectivity index (χ4n) is 3.95. The van der Waals surface area contributed by atoms with Gasteiger partial charge in [-0.1, -0.05) is 12.1 Å². The molecule has 0 unspecified atom stereocenters. The number of rotatable bonds is 5. The Labute approximate surface area is 189 Å². The van der Waals surface area contributed by atoms with E-state index in [4.69, 9.17) is 4.74 Å². The van der Waals surface area contributed by atoms with Crippen LogP contribution in [0.25, 0.3) is 15.9 Å². The fourth-order valence-corrected chi connectivity index (χ4v) is 4.96. The van der Waals surface area contributed by atoms with E-state index in [0.29, 0.717) is 31.7 Å². The number of nitrogens with zero attached hydrogens (tertiary/aromatic N) is 3. The Morgan fingerprint density at radius 2 is 2.19 bits per heavy atom. The van der Waals surface area contributed by atoms with Gasteiger partial charge in [0.25, 0.3) is 5.91 Å². The summed E-state index contributed by atoms with van der Waals surface area (Å²) in [6, 6.07) is 11.6. The van der Waals surface area contributed by atoms with Crippen molar-refractivity contribution in [3.05, 3.63) is 76.6 Å². The predicted molar refractivity (Wildman–Crippen MR) is 123 cm³/mol. The minimum absolute atomic E-state index is 0.290. The number of aliphatic hydroxyl groups excluding tert-OH is 1. The predicted octanol–water partition coefficient (Wildman–Crippen LogP) is 3.26. The van der Waals surface area contributed by atoms with E-state index in [2.05, 4.69) is 32.9 Å². The third kappa shape index (κ3) is 4.17. The number of carbonyl (C=O) groups excluding carboxylic acids is 1. The van der Waals surface area contributed by atoms with Gasteiger partial charge in [0, 0.05) is 19.0 Å². The van der Waals surface area contributed by atoms with Crippen molar-refractivity contribution in [2.75, 3.05) is 13.2 Å². The van der Waals surface area contributed by atoms with Crippen molar-refractivity contribution in [3.8, 4) is 5.69 Å². The molecule has 4 heterocycles. The molecule has 0 aliphatic carbocycles. The largest absolute Gasteiger partial charge is 0.391 e. The van der Waals surface area contributed by atoms with Crippen LogP contribution in [0.5, 0.6) is 0 Å². The molecular formula is C24H24N4O3S. The van der Waals surface area contributed by atoms with Crippen molar-refractivity contribution in [3.63, 3.8) is 0 Å². The van der Waals surface area contributed by atoms with Gasteiger partial charge in [0.05, 0.1) is 34.7 Å². The third-order valence-electron chi connectivity index (χ3n) is 5.75. The lowest BCUT2D eigenvalue weighted by atomic mass is 10.0. The van der Waals surface area contributed by atoms with Gasteiger partial charge in [-0.05, 0) is 66.1 Å². The lowest BCUT2D eigenvalue weighted by Crippen LogP contribution is -2.49. The van der Waals surface area contributed by atoms with Crippen molar-refractivity contribution in [2.45, 2.75) is 31.9 Å². The second-order valence-electron chi connectivity index (χ2n) is 8.07. The smallest absolute Gasteiger partial charge is 0.270 e. The summed E-state index contributed by atoms with van der Waals surface area (Å²) in [7, 11) is 0. The molecule has 1 aromatic carbocycles. The summed E-state index contributed by atoms with van der Waals surface area (Å²) in [5.41, 5.74) is 5.47. The van der Waals surface area contributed by atoms with Crippen LogP contribution < -0.4 is 5.32 Å². The standard InChI is InChI=1S/C24H24N4O3S/c1-15-14-32-23-17(11-16-3-5-18(6-4-16)28-9-2-8-25-28)12-19(26-22(15)23)24(30)27-20-13-31-10-7-21(20)29/h2-6,8-9,12,14,20-21,29H,7,10-11,13H2,1H3,(H,27,30)/t20-,21-/m1/s1. The highest BCUT2D eigenvalue weighted by Crippen LogP contribution is 2.30. The normalized spacial score (nSPS) is 18.7. The average molecular weight is 449 g/mol. The SMILES string of the molecule is Cc1csc2c(Cc3ccc(-n4cccn4)cc3)cc(C(=O)N[C@@H]3COCC[C@H]3O)nc12. The van der Waals surface area contributed by atoms with Crippen LogP contribution in [0.4, 0.5) is 0 Å². The van der Waals surface area contributed by atoms with E-state index in [1.807, 2.05) is 42.1 Å². The molecule has 3 aromatic heterocycles. The monoisotopic (exact) mass is 448 g/mol. The number of carbonyl (C=O) groups is 1. The molecule has 0 spiro atoms. The highest BCUT2D eigenvalue weighted by Gasteiger charge is 2.26. The van der Waals surface area contributed by atoms with Crippen LogP contribution in [0.3, 0.4) is 0 Å². The van der Waals surface area contributed by atoms with Gasteiger partial charge in [0.15, 0.2) is 0 Å². The molecule has 0 bridgehead atoms. The van der Waals surface area contributed by atoms with Crippen molar-refractivity contribution in [1.29, 1.82) is 0 Å². The van der Waals surface area contributed by atoms with Crippen LogP contribution in [0.1, 0.15) is 33.6 Å². The number of ether oxygens (including phenoxy) is 1. The molecule has 8 heteroatoms. The van der Waals surface area contributed by atoms with Gasteiger partial charge >= 0.3 is 0 Å². The number of benzene rings is 1. The summed E-state index contributed by atoms with van der Waals surface area (Å²) in [6.07, 6.45) is 4.27. The molecule has 5 rings (SSSR count). The maximum atomic E-state index is 13.0. The average Bonchev–Trinajstić information content (AvgIpc) is 3.47. The Balaban J connectivity index is 1.43. The van der Waals surface area contributed by atoms with Crippen molar-refractivity contribution < 1.29 is 14.6 Å². The van der Waals surface area contributed by atoms with Crippen molar-refractivity contribution in [1.82, 2.24) is 20.1 Å². The van der Waals surface area contributed by atoms with Crippen molar-refractivity contribution >= 4 is 27.5 Å². The molecule has 0 radical (unpaired) electrons. The quantitative estimate of drug-likeness (QED) is 0.489.